The van der Waals surface area contributed by atoms with E-state index < -0.39 is 0 Å². The van der Waals surface area contributed by atoms with E-state index in [9.17, 15) is 4.79 Å². The minimum Gasteiger partial charge on any atom is -0.355 e. The summed E-state index contributed by atoms with van der Waals surface area (Å²) in [7, 11) is 0. The van der Waals surface area contributed by atoms with Crippen LogP contribution < -0.4 is 16.2 Å². The third-order valence-electron chi connectivity index (χ3n) is 7.02. The van der Waals surface area contributed by atoms with E-state index in [4.69, 9.17) is 17.3 Å². The molecule has 0 saturated carbocycles. The maximum Gasteiger partial charge on any atom is 0.263 e. The molecule has 36 heavy (non-hydrogen) atoms. The van der Waals surface area contributed by atoms with Crippen LogP contribution >= 0.6 is 23.4 Å². The predicted molar refractivity (Wildman–Crippen MR) is 146 cm³/mol. The number of hydrogen-bond acceptors (Lipinski definition) is 7. The van der Waals surface area contributed by atoms with Crippen molar-refractivity contribution in [2.45, 2.75) is 43.2 Å². The number of hydrogen-bond donors (Lipinski definition) is 1. The molecule has 7 nitrogen and oxygen atoms in total. The first-order valence-corrected chi connectivity index (χ1v) is 13.2. The van der Waals surface area contributed by atoms with Gasteiger partial charge in [0.25, 0.3) is 5.56 Å². The third-order valence-corrected chi connectivity index (χ3v) is 8.50. The summed E-state index contributed by atoms with van der Waals surface area (Å²) in [5.74, 6) is 1.52. The molecule has 2 N–H and O–H groups in total. The first-order valence-electron chi connectivity index (χ1n) is 12.1. The van der Waals surface area contributed by atoms with E-state index in [1.807, 2.05) is 49.4 Å². The highest BCUT2D eigenvalue weighted by atomic mass is 35.5. The zero-order chi connectivity index (χ0) is 25.3. The van der Waals surface area contributed by atoms with E-state index in [0.717, 1.165) is 42.2 Å². The van der Waals surface area contributed by atoms with Gasteiger partial charge < -0.3 is 10.6 Å². The van der Waals surface area contributed by atoms with Gasteiger partial charge in [-0.05, 0) is 49.4 Å². The number of fused-ring (bicyclic) bond motifs is 1. The molecule has 0 unspecified atom stereocenters. The molecule has 0 atom stereocenters. The van der Waals surface area contributed by atoms with Gasteiger partial charge in [0.05, 0.1) is 34.9 Å². The van der Waals surface area contributed by atoms with Crippen molar-refractivity contribution in [3.05, 3.63) is 81.6 Å². The second-order valence-electron chi connectivity index (χ2n) is 9.62. The van der Waals surface area contributed by atoms with Crippen molar-refractivity contribution in [2.24, 2.45) is 11.1 Å². The fourth-order valence-electron chi connectivity index (χ4n) is 4.51. The molecule has 9 heteroatoms. The average Bonchev–Trinajstić information content (AvgIpc) is 2.89. The largest absolute Gasteiger partial charge is 0.355 e. The lowest BCUT2D eigenvalue weighted by molar-refractivity contribution is 0.258. The van der Waals surface area contributed by atoms with Gasteiger partial charge in [-0.3, -0.25) is 9.36 Å². The van der Waals surface area contributed by atoms with Crippen LogP contribution in [0.15, 0.2) is 69.6 Å². The lowest BCUT2D eigenvalue weighted by atomic mass is 9.80. The minimum atomic E-state index is -0.148. The zero-order valence-electron chi connectivity index (χ0n) is 20.4. The summed E-state index contributed by atoms with van der Waals surface area (Å²) in [6, 6.07) is 13.6. The molecular formula is C27H29ClN6OS. The Bertz CT molecular complexity index is 1430. The predicted octanol–water partition coefficient (Wildman–Crippen LogP) is 4.91. The van der Waals surface area contributed by atoms with E-state index in [1.165, 1.54) is 11.8 Å². The highest BCUT2D eigenvalue weighted by Crippen LogP contribution is 2.36. The number of piperidine rings is 1. The summed E-state index contributed by atoms with van der Waals surface area (Å²) in [6.07, 6.45) is 5.66. The second kappa shape index (κ2) is 10.2. The van der Waals surface area contributed by atoms with E-state index in [-0.39, 0.29) is 11.0 Å². The molecule has 5 rings (SSSR count). The van der Waals surface area contributed by atoms with Gasteiger partial charge in [-0.1, -0.05) is 60.6 Å². The minimum absolute atomic E-state index is 0.148. The zero-order valence-corrected chi connectivity index (χ0v) is 22.0. The molecule has 2 aromatic heterocycles. The van der Waals surface area contributed by atoms with Gasteiger partial charge in [0.1, 0.15) is 16.7 Å². The van der Waals surface area contributed by atoms with E-state index in [1.54, 1.807) is 17.0 Å². The maximum absolute atomic E-state index is 13.5. The molecular weight excluding hydrogens is 492 g/mol. The first-order chi connectivity index (χ1) is 17.4. The lowest BCUT2D eigenvalue weighted by Crippen LogP contribution is -2.42. The Labute approximate surface area is 219 Å². The van der Waals surface area contributed by atoms with Crippen molar-refractivity contribution in [3.63, 3.8) is 0 Å². The molecule has 1 aliphatic rings. The van der Waals surface area contributed by atoms with Crippen LogP contribution in [0.5, 0.6) is 0 Å². The van der Waals surface area contributed by atoms with Gasteiger partial charge in [0.15, 0.2) is 0 Å². The van der Waals surface area contributed by atoms with Crippen LogP contribution in [0.3, 0.4) is 0 Å². The van der Waals surface area contributed by atoms with Crippen LogP contribution in [0, 0.1) is 12.3 Å². The number of nitrogens with two attached hydrogens (primary N) is 1. The topological polar surface area (TPSA) is 89.9 Å². The maximum atomic E-state index is 13.5. The summed E-state index contributed by atoms with van der Waals surface area (Å²) in [6.45, 7) is 7.09. The Kier molecular flexibility index (Phi) is 7.01. The Morgan fingerprint density at radius 3 is 2.50 bits per heavy atom. The van der Waals surface area contributed by atoms with Gasteiger partial charge >= 0.3 is 0 Å². The number of aromatic nitrogens is 4. The first kappa shape index (κ1) is 24.7. The van der Waals surface area contributed by atoms with Gasteiger partial charge in [0.2, 0.25) is 0 Å². The van der Waals surface area contributed by atoms with Crippen molar-refractivity contribution in [1.29, 1.82) is 0 Å². The second-order valence-corrected chi connectivity index (χ2v) is 11.1. The number of rotatable bonds is 6. The van der Waals surface area contributed by atoms with Crippen molar-refractivity contribution < 1.29 is 0 Å². The summed E-state index contributed by atoms with van der Waals surface area (Å²) < 4.78 is 1.67. The van der Waals surface area contributed by atoms with Crippen LogP contribution in [0.25, 0.3) is 10.9 Å². The molecule has 0 radical (unpaired) electrons. The van der Waals surface area contributed by atoms with Crippen LogP contribution in [0.1, 0.15) is 31.2 Å². The van der Waals surface area contributed by atoms with Crippen LogP contribution in [-0.2, 0) is 6.54 Å². The third kappa shape index (κ3) is 4.98. The van der Waals surface area contributed by atoms with Crippen molar-refractivity contribution in [2.75, 3.05) is 24.5 Å². The monoisotopic (exact) mass is 520 g/mol. The molecule has 1 aliphatic heterocycles. The molecule has 0 spiro atoms. The summed E-state index contributed by atoms with van der Waals surface area (Å²) >= 11 is 8.17. The van der Waals surface area contributed by atoms with Crippen molar-refractivity contribution in [3.8, 4) is 0 Å². The quantitative estimate of drug-likeness (QED) is 0.386. The van der Waals surface area contributed by atoms with E-state index in [0.29, 0.717) is 39.9 Å². The molecule has 4 aromatic rings. The molecule has 3 heterocycles. The van der Waals surface area contributed by atoms with Gasteiger partial charge in [0, 0.05) is 18.0 Å². The fourth-order valence-corrected chi connectivity index (χ4v) is 5.63. The number of benzene rings is 2. The smallest absolute Gasteiger partial charge is 0.263 e. The Morgan fingerprint density at radius 2 is 1.83 bits per heavy atom. The Hall–Kier alpha value is -2.94. The standard InChI is InChI=1S/C27H29ClN6OS/c1-18-32-20-8-9-21(25(28)24(20)26(35)34(18)16-19-6-4-3-5-7-19)36-23-15-30-22(14-31-23)33-12-10-27(2,17-29)11-13-33/h3-9,14-15H,10-13,16-17,29H2,1-2H3. The summed E-state index contributed by atoms with van der Waals surface area (Å²) in [4.78, 5) is 30.4. The average molecular weight is 521 g/mol. The Balaban J connectivity index is 1.39. The Morgan fingerprint density at radius 1 is 1.08 bits per heavy atom. The molecule has 0 aliphatic carbocycles. The number of anilines is 1. The van der Waals surface area contributed by atoms with E-state index >= 15 is 0 Å². The lowest BCUT2D eigenvalue weighted by Gasteiger charge is -2.39. The van der Waals surface area contributed by atoms with Crippen LogP contribution in [-0.4, -0.2) is 39.2 Å². The summed E-state index contributed by atoms with van der Waals surface area (Å²) in [5, 5.41) is 1.53. The molecule has 1 saturated heterocycles. The molecule has 186 valence electrons. The van der Waals surface area contributed by atoms with Crippen LogP contribution in [0.4, 0.5) is 5.82 Å². The number of halogens is 1. The normalized spacial score (nSPS) is 15.4. The molecule has 0 amide bonds. The highest BCUT2D eigenvalue weighted by molar-refractivity contribution is 7.99. The summed E-state index contributed by atoms with van der Waals surface area (Å²) in [5.41, 5.74) is 7.62. The fraction of sp³-hybridized carbons (Fsp3) is 0.333. The van der Waals surface area contributed by atoms with Crippen molar-refractivity contribution >= 4 is 40.1 Å². The highest BCUT2D eigenvalue weighted by Gasteiger charge is 2.29. The van der Waals surface area contributed by atoms with Crippen LogP contribution in [0.2, 0.25) is 5.02 Å². The van der Waals surface area contributed by atoms with E-state index in [2.05, 4.69) is 26.8 Å². The van der Waals surface area contributed by atoms with Gasteiger partial charge in [-0.25, -0.2) is 15.0 Å². The molecule has 1 fully saturated rings. The van der Waals surface area contributed by atoms with Gasteiger partial charge in [-0.2, -0.15) is 0 Å². The SMILES string of the molecule is Cc1nc2ccc(Sc3cnc(N4CCC(C)(CN)CC4)cn3)c(Cl)c2c(=O)n1Cc1ccccc1. The number of aryl methyl sites for hydroxylation is 1. The van der Waals surface area contributed by atoms with Crippen molar-refractivity contribution in [1.82, 2.24) is 19.5 Å². The molecule has 2 aromatic carbocycles. The van der Waals surface area contributed by atoms with Gasteiger partial charge in [-0.15, -0.1) is 0 Å². The molecule has 0 bridgehead atoms. The number of nitrogens with zero attached hydrogens (tertiary/aromatic N) is 5.